The van der Waals surface area contributed by atoms with E-state index >= 15 is 0 Å². The van der Waals surface area contributed by atoms with Crippen LogP contribution < -0.4 is 0 Å². The van der Waals surface area contributed by atoms with Crippen molar-refractivity contribution in [2.24, 2.45) is 0 Å². The van der Waals surface area contributed by atoms with Crippen molar-refractivity contribution in [2.45, 2.75) is 18.6 Å². The molecule has 2 atom stereocenters. The lowest BCUT2D eigenvalue weighted by atomic mass is 10.2. The van der Waals surface area contributed by atoms with Crippen LogP contribution in [0.25, 0.3) is 0 Å². The fourth-order valence-electron chi connectivity index (χ4n) is 0.812. The Morgan fingerprint density at radius 1 is 1.56 bits per heavy atom. The number of aliphatic hydroxyl groups is 2. The minimum Gasteiger partial charge on any atom is -0.394 e. The van der Waals surface area contributed by atoms with Gasteiger partial charge in [-0.2, -0.15) is 0 Å². The summed E-state index contributed by atoms with van der Waals surface area (Å²) in [4.78, 5) is 0. The third kappa shape index (κ3) is 2.10. The molecule has 4 heteroatoms. The molecule has 1 aliphatic rings. The van der Waals surface area contributed by atoms with E-state index in [1.807, 2.05) is 0 Å². The first-order chi connectivity index (χ1) is 3.84. The normalized spacial score (nSPS) is 34.0. The third-order valence-electron chi connectivity index (χ3n) is 1.35. The summed E-state index contributed by atoms with van der Waals surface area (Å²) in [5.41, 5.74) is 0. The molecule has 0 bridgehead atoms. The molecule has 0 radical (unpaired) electrons. The smallest absolute Gasteiger partial charge is 0.106 e. The van der Waals surface area contributed by atoms with Gasteiger partial charge in [0.2, 0.25) is 0 Å². The van der Waals surface area contributed by atoms with E-state index in [4.69, 9.17) is 14.9 Å². The summed E-state index contributed by atoms with van der Waals surface area (Å²) >= 11 is 0. The van der Waals surface area contributed by atoms with Crippen molar-refractivity contribution in [3.8, 4) is 0 Å². The minimum atomic E-state index is -0.444. The van der Waals surface area contributed by atoms with E-state index in [-0.39, 0.29) is 25.1 Å². The summed E-state index contributed by atoms with van der Waals surface area (Å²) < 4.78 is 4.91. The van der Waals surface area contributed by atoms with Crippen LogP contribution in [0.2, 0.25) is 0 Å². The first-order valence-electron chi connectivity index (χ1n) is 2.75. The van der Waals surface area contributed by atoms with Gasteiger partial charge in [-0.05, 0) is 6.42 Å². The number of halogens is 1. The summed E-state index contributed by atoms with van der Waals surface area (Å²) in [7, 11) is 0. The topological polar surface area (TPSA) is 49.7 Å². The number of hydrogen-bond acceptors (Lipinski definition) is 3. The lowest BCUT2D eigenvalue weighted by Gasteiger charge is -2.07. The molecule has 0 amide bonds. The summed E-state index contributed by atoms with van der Waals surface area (Å²) in [5, 5.41) is 17.4. The predicted molar refractivity (Wildman–Crippen MR) is 34.7 cm³/mol. The Morgan fingerprint density at radius 3 is 2.44 bits per heavy atom. The quantitative estimate of drug-likeness (QED) is 0.538. The van der Waals surface area contributed by atoms with Crippen molar-refractivity contribution in [1.29, 1.82) is 0 Å². The Hall–Kier alpha value is 0.170. The Kier molecular flexibility index (Phi) is 4.14. The highest BCUT2D eigenvalue weighted by molar-refractivity contribution is 5.85. The molecule has 0 aromatic heterocycles. The SMILES string of the molecule is Cl.OC[C@H]1OCC[C@@H]1O. The number of ether oxygens (including phenoxy) is 1. The maximum absolute atomic E-state index is 8.90. The molecule has 0 aromatic carbocycles. The maximum atomic E-state index is 8.90. The summed E-state index contributed by atoms with van der Waals surface area (Å²) in [6.07, 6.45) is -0.111. The fourth-order valence-corrected chi connectivity index (χ4v) is 0.812. The zero-order valence-electron chi connectivity index (χ0n) is 4.99. The van der Waals surface area contributed by atoms with Gasteiger partial charge in [0.1, 0.15) is 6.10 Å². The molecule has 1 aliphatic heterocycles. The third-order valence-corrected chi connectivity index (χ3v) is 1.35. The van der Waals surface area contributed by atoms with Gasteiger partial charge in [-0.15, -0.1) is 12.4 Å². The van der Waals surface area contributed by atoms with Crippen LogP contribution in [0.4, 0.5) is 0 Å². The van der Waals surface area contributed by atoms with Crippen LogP contribution in [0, 0.1) is 0 Å². The second kappa shape index (κ2) is 4.06. The van der Waals surface area contributed by atoms with Crippen LogP contribution in [0.1, 0.15) is 6.42 Å². The van der Waals surface area contributed by atoms with E-state index in [2.05, 4.69) is 0 Å². The van der Waals surface area contributed by atoms with Gasteiger partial charge in [-0.3, -0.25) is 0 Å². The average molecular weight is 155 g/mol. The van der Waals surface area contributed by atoms with Crippen molar-refractivity contribution >= 4 is 12.4 Å². The summed E-state index contributed by atoms with van der Waals surface area (Å²) in [6, 6.07) is 0. The van der Waals surface area contributed by atoms with Gasteiger partial charge in [0.05, 0.1) is 12.7 Å². The van der Waals surface area contributed by atoms with Gasteiger partial charge >= 0.3 is 0 Å². The van der Waals surface area contributed by atoms with Gasteiger partial charge < -0.3 is 14.9 Å². The number of aliphatic hydroxyl groups excluding tert-OH is 2. The molecule has 1 saturated heterocycles. The largest absolute Gasteiger partial charge is 0.394 e. The highest BCUT2D eigenvalue weighted by atomic mass is 35.5. The van der Waals surface area contributed by atoms with E-state index in [0.717, 1.165) is 0 Å². The number of hydrogen-bond donors (Lipinski definition) is 2. The van der Waals surface area contributed by atoms with E-state index in [1.165, 1.54) is 0 Å². The van der Waals surface area contributed by atoms with E-state index in [1.54, 1.807) is 0 Å². The fraction of sp³-hybridized carbons (Fsp3) is 1.00. The second-order valence-electron chi connectivity index (χ2n) is 1.95. The van der Waals surface area contributed by atoms with Crippen LogP contribution >= 0.6 is 12.4 Å². The highest BCUT2D eigenvalue weighted by Crippen LogP contribution is 2.11. The Morgan fingerprint density at radius 2 is 2.22 bits per heavy atom. The van der Waals surface area contributed by atoms with Crippen LogP contribution in [0.3, 0.4) is 0 Å². The van der Waals surface area contributed by atoms with Gasteiger partial charge in [0, 0.05) is 6.61 Å². The maximum Gasteiger partial charge on any atom is 0.106 e. The standard InChI is InChI=1S/C5H10O3.ClH/c6-3-5-4(7)1-2-8-5;/h4-7H,1-3H2;1H/t4-,5+;/m0./s1. The van der Waals surface area contributed by atoms with Crippen molar-refractivity contribution in [1.82, 2.24) is 0 Å². The van der Waals surface area contributed by atoms with E-state index < -0.39 is 6.10 Å². The van der Waals surface area contributed by atoms with Crippen LogP contribution in [-0.2, 0) is 4.74 Å². The summed E-state index contributed by atoms with van der Waals surface area (Å²) in [6.45, 7) is 0.508. The highest BCUT2D eigenvalue weighted by Gasteiger charge is 2.24. The molecule has 1 rings (SSSR count). The Balaban J connectivity index is 0.000000640. The lowest BCUT2D eigenvalue weighted by Crippen LogP contribution is -2.24. The van der Waals surface area contributed by atoms with Gasteiger partial charge in [-0.1, -0.05) is 0 Å². The minimum absolute atomic E-state index is 0. The van der Waals surface area contributed by atoms with Crippen molar-refractivity contribution in [3.63, 3.8) is 0 Å². The molecule has 9 heavy (non-hydrogen) atoms. The van der Waals surface area contributed by atoms with Crippen LogP contribution in [0.15, 0.2) is 0 Å². The molecular formula is C5H11ClO3. The molecular weight excluding hydrogens is 144 g/mol. The molecule has 0 aromatic rings. The second-order valence-corrected chi connectivity index (χ2v) is 1.95. The number of rotatable bonds is 1. The molecule has 1 fully saturated rings. The molecule has 3 nitrogen and oxygen atoms in total. The molecule has 0 saturated carbocycles. The van der Waals surface area contributed by atoms with Crippen molar-refractivity contribution in [3.05, 3.63) is 0 Å². The van der Waals surface area contributed by atoms with E-state index in [9.17, 15) is 0 Å². The van der Waals surface area contributed by atoms with Gasteiger partial charge in [-0.25, -0.2) is 0 Å². The molecule has 0 unspecified atom stereocenters. The average Bonchev–Trinajstić information content (AvgIpc) is 2.14. The zero-order chi connectivity index (χ0) is 5.98. The van der Waals surface area contributed by atoms with Crippen LogP contribution in [-0.4, -0.2) is 35.6 Å². The predicted octanol–water partition coefficient (Wildman–Crippen LogP) is -0.450. The first kappa shape index (κ1) is 9.17. The Labute approximate surface area is 60.0 Å². The van der Waals surface area contributed by atoms with Crippen molar-refractivity contribution in [2.75, 3.05) is 13.2 Å². The monoisotopic (exact) mass is 154 g/mol. The van der Waals surface area contributed by atoms with Crippen molar-refractivity contribution < 1.29 is 14.9 Å². The van der Waals surface area contributed by atoms with E-state index in [0.29, 0.717) is 13.0 Å². The molecule has 1 heterocycles. The molecule has 56 valence electrons. The van der Waals surface area contributed by atoms with Gasteiger partial charge in [0.25, 0.3) is 0 Å². The first-order valence-corrected chi connectivity index (χ1v) is 2.75. The van der Waals surface area contributed by atoms with Gasteiger partial charge in [0.15, 0.2) is 0 Å². The zero-order valence-corrected chi connectivity index (χ0v) is 5.80. The molecule has 0 aliphatic carbocycles. The van der Waals surface area contributed by atoms with Crippen LogP contribution in [0.5, 0.6) is 0 Å². The molecule has 2 N–H and O–H groups in total. The lowest BCUT2D eigenvalue weighted by molar-refractivity contribution is 0.00406. The summed E-state index contributed by atoms with van der Waals surface area (Å²) in [5.74, 6) is 0. The Bertz CT molecular complexity index is 78.6. The molecule has 0 spiro atoms.